The molecule has 12 heteroatoms. The Morgan fingerprint density at radius 1 is 1.15 bits per heavy atom. The zero-order chi connectivity index (χ0) is 24.2. The average Bonchev–Trinajstić information content (AvgIpc) is 3.09. The van der Waals surface area contributed by atoms with Gasteiger partial charge in [-0.15, -0.1) is 6.58 Å². The summed E-state index contributed by atoms with van der Waals surface area (Å²) in [6.07, 6.45) is 1.68. The van der Waals surface area contributed by atoms with Crippen LogP contribution in [0.5, 0.6) is 5.75 Å². The number of allylic oxidation sites excluding steroid dienone is 1. The van der Waals surface area contributed by atoms with E-state index in [0.717, 1.165) is 11.3 Å². The van der Waals surface area contributed by atoms with Crippen molar-refractivity contribution in [2.45, 2.75) is 29.2 Å². The van der Waals surface area contributed by atoms with Crippen molar-refractivity contribution in [3.05, 3.63) is 59.9 Å². The number of carbonyl (C=O) groups is 1. The lowest BCUT2D eigenvalue weighted by molar-refractivity contribution is -0.118. The van der Waals surface area contributed by atoms with Crippen LogP contribution >= 0.6 is 11.3 Å². The van der Waals surface area contributed by atoms with Crippen molar-refractivity contribution in [2.24, 2.45) is 10.1 Å². The highest BCUT2D eigenvalue weighted by Gasteiger charge is 2.16. The Morgan fingerprint density at radius 2 is 1.82 bits per heavy atom. The molecule has 0 aliphatic carbocycles. The molecule has 0 fully saturated rings. The molecule has 0 atom stereocenters. The van der Waals surface area contributed by atoms with Crippen molar-refractivity contribution >= 4 is 47.3 Å². The lowest BCUT2D eigenvalue weighted by Gasteiger charge is -2.05. The maximum Gasteiger partial charge on any atom is 0.248 e. The highest BCUT2D eigenvalue weighted by Crippen LogP contribution is 2.22. The monoisotopic (exact) mass is 509 g/mol. The molecule has 0 unspecified atom stereocenters. The van der Waals surface area contributed by atoms with Crippen molar-refractivity contribution < 1.29 is 26.4 Å². The summed E-state index contributed by atoms with van der Waals surface area (Å²) in [6.45, 7) is 4.06. The van der Waals surface area contributed by atoms with Crippen molar-refractivity contribution in [3.63, 3.8) is 0 Å². The number of methoxy groups -OCH3 is 1. The third kappa shape index (κ3) is 5.96. The van der Waals surface area contributed by atoms with Gasteiger partial charge in [-0.25, -0.2) is 22.0 Å². The number of carbonyl (C=O) groups excluding carboxylic acids is 1. The van der Waals surface area contributed by atoms with Gasteiger partial charge in [0.25, 0.3) is 0 Å². The highest BCUT2D eigenvalue weighted by molar-refractivity contribution is 7.91. The van der Waals surface area contributed by atoms with Crippen LogP contribution in [0.2, 0.25) is 0 Å². The number of nitrogens with zero attached hydrogens (tertiary/aromatic N) is 2. The number of rotatable bonds is 9. The Kier molecular flexibility index (Phi) is 7.52. The largest absolute Gasteiger partial charge is 0.497 e. The molecule has 176 valence electrons. The molecule has 9 nitrogen and oxygen atoms in total. The van der Waals surface area contributed by atoms with E-state index in [1.54, 1.807) is 28.8 Å². The first-order chi connectivity index (χ1) is 15.5. The minimum Gasteiger partial charge on any atom is -0.497 e. The number of amides is 1. The first-order valence-electron chi connectivity index (χ1n) is 9.76. The summed E-state index contributed by atoms with van der Waals surface area (Å²) in [7, 11) is -5.92. The van der Waals surface area contributed by atoms with E-state index < -0.39 is 25.8 Å². The molecule has 3 rings (SSSR count). The van der Waals surface area contributed by atoms with Crippen LogP contribution in [0.15, 0.2) is 69.9 Å². The van der Waals surface area contributed by atoms with E-state index in [1.807, 2.05) is 0 Å². The van der Waals surface area contributed by atoms with Gasteiger partial charge in [0.1, 0.15) is 5.75 Å². The van der Waals surface area contributed by atoms with E-state index in [9.17, 15) is 21.6 Å². The molecule has 1 aromatic heterocycles. The van der Waals surface area contributed by atoms with Gasteiger partial charge in [-0.05, 0) is 48.9 Å². The smallest absolute Gasteiger partial charge is 0.248 e. The molecule has 0 aliphatic rings. The van der Waals surface area contributed by atoms with Crippen molar-refractivity contribution in [3.8, 4) is 5.75 Å². The van der Waals surface area contributed by atoms with Gasteiger partial charge in [-0.2, -0.15) is 4.99 Å². The fraction of sp³-hybridized carbons (Fsp3) is 0.238. The third-order valence-electron chi connectivity index (χ3n) is 4.74. The van der Waals surface area contributed by atoms with E-state index in [0.29, 0.717) is 27.3 Å². The molecule has 0 saturated carbocycles. The summed E-state index contributed by atoms with van der Waals surface area (Å²) in [4.78, 5) is 17.1. The Labute approximate surface area is 195 Å². The van der Waals surface area contributed by atoms with Gasteiger partial charge in [0.15, 0.2) is 14.6 Å². The van der Waals surface area contributed by atoms with E-state index in [2.05, 4.69) is 11.6 Å². The number of primary sulfonamides is 1. The number of thiazole rings is 1. The number of hydrogen-bond donors (Lipinski definition) is 1. The molecule has 2 N–H and O–H groups in total. The topological polar surface area (TPSA) is 138 Å². The van der Waals surface area contributed by atoms with Gasteiger partial charge >= 0.3 is 0 Å². The number of benzene rings is 2. The van der Waals surface area contributed by atoms with Crippen LogP contribution in [0.25, 0.3) is 10.2 Å². The van der Waals surface area contributed by atoms with Gasteiger partial charge in [0, 0.05) is 13.0 Å². The summed E-state index contributed by atoms with van der Waals surface area (Å²) >= 11 is 1.14. The fourth-order valence-corrected chi connectivity index (χ4v) is 6.12. The lowest BCUT2D eigenvalue weighted by Crippen LogP contribution is -2.16. The van der Waals surface area contributed by atoms with Crippen LogP contribution in [-0.2, 0) is 31.2 Å². The summed E-state index contributed by atoms with van der Waals surface area (Å²) in [5.41, 5.74) is 0.681. The number of fused-ring (bicyclic) bond motifs is 1. The van der Waals surface area contributed by atoms with Gasteiger partial charge in [-0.1, -0.05) is 17.4 Å². The van der Waals surface area contributed by atoms with Crippen LogP contribution in [0.3, 0.4) is 0 Å². The first-order valence-corrected chi connectivity index (χ1v) is 13.8. The van der Waals surface area contributed by atoms with Crippen LogP contribution in [-0.4, -0.2) is 40.2 Å². The molecule has 0 aliphatic heterocycles. The first kappa shape index (κ1) is 24.8. The molecule has 2 aromatic carbocycles. The fourth-order valence-electron chi connectivity index (χ4n) is 3.10. The Hall–Kier alpha value is -2.80. The van der Waals surface area contributed by atoms with Crippen molar-refractivity contribution in [1.82, 2.24) is 4.57 Å². The second-order valence-electron chi connectivity index (χ2n) is 7.06. The van der Waals surface area contributed by atoms with E-state index >= 15 is 0 Å². The van der Waals surface area contributed by atoms with Crippen molar-refractivity contribution in [2.75, 3.05) is 12.9 Å². The molecule has 0 spiro atoms. The van der Waals surface area contributed by atoms with E-state index in [1.165, 1.54) is 31.4 Å². The summed E-state index contributed by atoms with van der Waals surface area (Å²) in [5, 5.41) is 5.20. The molecule has 33 heavy (non-hydrogen) atoms. The SMILES string of the molecule is C=CCn1c(=NC(=O)CCCS(=O)(=O)c2ccc(OC)cc2)sc2cc(S(N)(=O)=O)ccc21. The second kappa shape index (κ2) is 10.00. The predicted octanol–water partition coefficient (Wildman–Crippen LogP) is 2.23. The lowest BCUT2D eigenvalue weighted by atomic mass is 10.3. The summed E-state index contributed by atoms with van der Waals surface area (Å²) < 4.78 is 55.6. The van der Waals surface area contributed by atoms with Crippen LogP contribution in [0, 0.1) is 0 Å². The zero-order valence-electron chi connectivity index (χ0n) is 17.8. The number of aromatic nitrogens is 1. The maximum absolute atomic E-state index is 12.5. The van der Waals surface area contributed by atoms with Crippen molar-refractivity contribution in [1.29, 1.82) is 0 Å². The molecule has 0 saturated heterocycles. The summed E-state index contributed by atoms with van der Waals surface area (Å²) in [6, 6.07) is 10.5. The molecule has 3 aromatic rings. The highest BCUT2D eigenvalue weighted by atomic mass is 32.2. The van der Waals surface area contributed by atoms with Gasteiger partial charge in [-0.3, -0.25) is 4.79 Å². The minimum atomic E-state index is -3.87. The third-order valence-corrected chi connectivity index (χ3v) is 8.51. The quantitative estimate of drug-likeness (QED) is 0.439. The predicted molar refractivity (Wildman–Crippen MR) is 126 cm³/mol. The molecular weight excluding hydrogens is 486 g/mol. The molecule has 1 amide bonds. The van der Waals surface area contributed by atoms with Gasteiger partial charge < -0.3 is 9.30 Å². The Bertz CT molecular complexity index is 1470. The molecule has 1 heterocycles. The molecule has 0 radical (unpaired) electrons. The Balaban J connectivity index is 1.79. The second-order valence-corrected chi connectivity index (χ2v) is 11.7. The zero-order valence-corrected chi connectivity index (χ0v) is 20.2. The molecular formula is C21H23N3O6S3. The summed E-state index contributed by atoms with van der Waals surface area (Å²) in [5.74, 6) is -0.122. The maximum atomic E-state index is 12.5. The number of sulfone groups is 1. The van der Waals surface area contributed by atoms with E-state index in [-0.39, 0.29) is 28.4 Å². The number of ether oxygens (including phenoxy) is 1. The van der Waals surface area contributed by atoms with Gasteiger partial charge in [0.05, 0.1) is 32.9 Å². The normalized spacial score (nSPS) is 12.7. The standard InChI is InChI=1S/C21H23N3O6S3/c1-3-12-24-18-11-10-17(33(22,28)29)14-19(18)31-21(24)23-20(25)5-4-13-32(26,27)16-8-6-15(30-2)7-9-16/h3,6-11,14H,1,4-5,12-13H2,2H3,(H2,22,28,29). The Morgan fingerprint density at radius 3 is 2.42 bits per heavy atom. The number of sulfonamides is 1. The van der Waals surface area contributed by atoms with Crippen LogP contribution in [0.4, 0.5) is 0 Å². The molecule has 0 bridgehead atoms. The van der Waals surface area contributed by atoms with E-state index in [4.69, 9.17) is 9.88 Å². The average molecular weight is 510 g/mol. The number of hydrogen-bond acceptors (Lipinski definition) is 7. The number of nitrogens with two attached hydrogens (primary N) is 1. The van der Waals surface area contributed by atoms with Gasteiger partial charge in [0.2, 0.25) is 15.9 Å². The van der Waals surface area contributed by atoms with Crippen LogP contribution < -0.4 is 14.7 Å². The minimum absolute atomic E-state index is 0.0383. The van der Waals surface area contributed by atoms with Crippen LogP contribution in [0.1, 0.15) is 12.8 Å².